The molecule has 1 aliphatic rings. The van der Waals surface area contributed by atoms with Gasteiger partial charge in [0.15, 0.2) is 6.04 Å². The van der Waals surface area contributed by atoms with Gasteiger partial charge in [0.2, 0.25) is 6.04 Å². The summed E-state index contributed by atoms with van der Waals surface area (Å²) in [6, 6.07) is 0.453. The van der Waals surface area contributed by atoms with Crippen LogP contribution in [0.1, 0.15) is 6.42 Å². The molecule has 0 radical (unpaired) electrons. The van der Waals surface area contributed by atoms with Crippen molar-refractivity contribution in [3.63, 3.8) is 0 Å². The molecule has 1 saturated heterocycles. The molecule has 3 atom stereocenters. The second kappa shape index (κ2) is 3.83. The standard InChI is InChI=1S/C6H8BrN3O2/c7-4-1-6(10(11)12)5(2-8)9-3-4/h4-6,9H,1,3H2. The summed E-state index contributed by atoms with van der Waals surface area (Å²) < 4.78 is 0. The molecule has 0 aromatic rings. The molecule has 12 heavy (non-hydrogen) atoms. The predicted molar refractivity (Wildman–Crippen MR) is 45.5 cm³/mol. The van der Waals surface area contributed by atoms with E-state index in [0.29, 0.717) is 13.0 Å². The fourth-order valence-corrected chi connectivity index (χ4v) is 1.78. The minimum absolute atomic E-state index is 0.0949. The lowest BCUT2D eigenvalue weighted by Crippen LogP contribution is -2.51. The van der Waals surface area contributed by atoms with Gasteiger partial charge in [-0.2, -0.15) is 5.26 Å². The minimum atomic E-state index is -0.784. The van der Waals surface area contributed by atoms with Crippen LogP contribution in [0.4, 0.5) is 0 Å². The Morgan fingerprint density at radius 1 is 1.75 bits per heavy atom. The molecule has 0 saturated carbocycles. The van der Waals surface area contributed by atoms with Crippen LogP contribution < -0.4 is 5.32 Å². The van der Waals surface area contributed by atoms with Gasteiger partial charge in [-0.05, 0) is 0 Å². The Balaban J connectivity index is 2.66. The summed E-state index contributed by atoms with van der Waals surface area (Å²) in [6.45, 7) is 0.614. The van der Waals surface area contributed by atoms with Crippen molar-refractivity contribution in [2.75, 3.05) is 6.54 Å². The summed E-state index contributed by atoms with van der Waals surface area (Å²) in [6.07, 6.45) is 0.415. The van der Waals surface area contributed by atoms with E-state index in [1.54, 1.807) is 0 Å². The third-order valence-electron chi connectivity index (χ3n) is 1.85. The Labute approximate surface area is 78.0 Å². The fourth-order valence-electron chi connectivity index (χ4n) is 1.21. The van der Waals surface area contributed by atoms with E-state index in [-0.39, 0.29) is 4.83 Å². The van der Waals surface area contributed by atoms with Gasteiger partial charge >= 0.3 is 0 Å². The number of nitrogens with one attached hydrogen (secondary N) is 1. The van der Waals surface area contributed by atoms with Crippen LogP contribution in [0.3, 0.4) is 0 Å². The molecule has 0 spiro atoms. The van der Waals surface area contributed by atoms with Gasteiger partial charge < -0.3 is 0 Å². The molecular formula is C6H8BrN3O2. The lowest BCUT2D eigenvalue weighted by Gasteiger charge is -2.24. The molecule has 0 bridgehead atoms. The van der Waals surface area contributed by atoms with Crippen LogP contribution in [-0.2, 0) is 0 Å². The minimum Gasteiger partial charge on any atom is -0.295 e. The average molecular weight is 234 g/mol. The zero-order valence-corrected chi connectivity index (χ0v) is 7.82. The van der Waals surface area contributed by atoms with Crippen LogP contribution >= 0.6 is 15.9 Å². The summed E-state index contributed by atoms with van der Waals surface area (Å²) in [4.78, 5) is 10.2. The zero-order chi connectivity index (χ0) is 9.14. The maximum Gasteiger partial charge on any atom is 0.242 e. The number of nitriles is 1. The average Bonchev–Trinajstić information content (AvgIpc) is 2.04. The van der Waals surface area contributed by atoms with Crippen LogP contribution in [0.15, 0.2) is 0 Å². The largest absolute Gasteiger partial charge is 0.295 e. The van der Waals surface area contributed by atoms with Crippen molar-refractivity contribution >= 4 is 15.9 Å². The lowest BCUT2D eigenvalue weighted by atomic mass is 10.0. The highest BCUT2D eigenvalue weighted by Crippen LogP contribution is 2.17. The molecule has 0 aliphatic carbocycles. The van der Waals surface area contributed by atoms with E-state index in [2.05, 4.69) is 21.2 Å². The summed E-state index contributed by atoms with van der Waals surface area (Å²) in [5, 5.41) is 21.8. The van der Waals surface area contributed by atoms with Gasteiger partial charge in [0.05, 0.1) is 6.07 Å². The van der Waals surface area contributed by atoms with Gasteiger partial charge in [-0.3, -0.25) is 15.4 Å². The van der Waals surface area contributed by atoms with Gasteiger partial charge in [-0.1, -0.05) is 15.9 Å². The third kappa shape index (κ3) is 1.93. The van der Waals surface area contributed by atoms with Crippen LogP contribution in [0, 0.1) is 21.4 Å². The van der Waals surface area contributed by atoms with Crippen molar-refractivity contribution in [1.82, 2.24) is 5.32 Å². The van der Waals surface area contributed by atoms with E-state index in [4.69, 9.17) is 5.26 Å². The number of piperidine rings is 1. The summed E-state index contributed by atoms with van der Waals surface area (Å²) in [7, 11) is 0. The van der Waals surface area contributed by atoms with Crippen LogP contribution in [-0.4, -0.2) is 28.4 Å². The lowest BCUT2D eigenvalue weighted by molar-refractivity contribution is -0.526. The fraction of sp³-hybridized carbons (Fsp3) is 0.833. The second-order valence-electron chi connectivity index (χ2n) is 2.70. The van der Waals surface area contributed by atoms with Gasteiger partial charge in [0, 0.05) is 22.7 Å². The van der Waals surface area contributed by atoms with Crippen molar-refractivity contribution in [2.45, 2.75) is 23.3 Å². The highest BCUT2D eigenvalue weighted by Gasteiger charge is 2.37. The Morgan fingerprint density at radius 3 is 2.92 bits per heavy atom. The van der Waals surface area contributed by atoms with Crippen LogP contribution in [0.5, 0.6) is 0 Å². The first-order chi connectivity index (χ1) is 5.65. The Bertz CT molecular complexity index is 227. The van der Waals surface area contributed by atoms with E-state index in [1.807, 2.05) is 6.07 Å². The predicted octanol–water partition coefficient (Wildman–Crippen LogP) is 0.281. The van der Waals surface area contributed by atoms with Crippen molar-refractivity contribution in [2.24, 2.45) is 0 Å². The van der Waals surface area contributed by atoms with E-state index in [1.165, 1.54) is 0 Å². The van der Waals surface area contributed by atoms with Crippen LogP contribution in [0.2, 0.25) is 0 Å². The molecule has 1 heterocycles. The van der Waals surface area contributed by atoms with Gasteiger partial charge in [0.1, 0.15) is 0 Å². The molecule has 0 aromatic heterocycles. The second-order valence-corrected chi connectivity index (χ2v) is 4.00. The Morgan fingerprint density at radius 2 is 2.42 bits per heavy atom. The van der Waals surface area contributed by atoms with Crippen molar-refractivity contribution in [3.8, 4) is 6.07 Å². The highest BCUT2D eigenvalue weighted by atomic mass is 79.9. The number of rotatable bonds is 1. The Kier molecular flexibility index (Phi) is 3.00. The number of hydrogen-bond acceptors (Lipinski definition) is 4. The number of hydrogen-bond donors (Lipinski definition) is 1. The number of nitro groups is 1. The first-order valence-electron chi connectivity index (χ1n) is 3.55. The van der Waals surface area contributed by atoms with Crippen molar-refractivity contribution < 1.29 is 4.92 Å². The summed E-state index contributed by atoms with van der Waals surface area (Å²) >= 11 is 3.28. The first-order valence-corrected chi connectivity index (χ1v) is 4.47. The summed E-state index contributed by atoms with van der Waals surface area (Å²) in [5.74, 6) is 0. The molecule has 66 valence electrons. The Hall–Kier alpha value is -0.670. The number of halogens is 1. The maximum atomic E-state index is 10.5. The van der Waals surface area contributed by atoms with E-state index >= 15 is 0 Å². The maximum absolute atomic E-state index is 10.5. The number of alkyl halides is 1. The molecule has 5 nitrogen and oxygen atoms in total. The highest BCUT2D eigenvalue weighted by molar-refractivity contribution is 9.09. The SMILES string of the molecule is N#CC1NCC(Br)CC1[N+](=O)[O-]. The van der Waals surface area contributed by atoms with E-state index in [9.17, 15) is 10.1 Å². The topological polar surface area (TPSA) is 79.0 Å². The monoisotopic (exact) mass is 233 g/mol. The van der Waals surface area contributed by atoms with Crippen molar-refractivity contribution in [3.05, 3.63) is 10.1 Å². The van der Waals surface area contributed by atoms with E-state index in [0.717, 1.165) is 0 Å². The van der Waals surface area contributed by atoms with Gasteiger partial charge in [-0.25, -0.2) is 0 Å². The molecule has 1 fully saturated rings. The molecule has 1 aliphatic heterocycles. The normalized spacial score (nSPS) is 35.5. The smallest absolute Gasteiger partial charge is 0.242 e. The first kappa shape index (κ1) is 9.42. The van der Waals surface area contributed by atoms with E-state index < -0.39 is 17.0 Å². The molecular weight excluding hydrogens is 226 g/mol. The van der Waals surface area contributed by atoms with Crippen LogP contribution in [0.25, 0.3) is 0 Å². The van der Waals surface area contributed by atoms with Gasteiger partial charge in [0.25, 0.3) is 0 Å². The summed E-state index contributed by atoms with van der Waals surface area (Å²) in [5.41, 5.74) is 0. The number of nitrogens with zero attached hydrogens (tertiary/aromatic N) is 2. The molecule has 1 rings (SSSR count). The molecule has 0 amide bonds. The molecule has 6 heteroatoms. The molecule has 0 aromatic carbocycles. The molecule has 3 unspecified atom stereocenters. The van der Waals surface area contributed by atoms with Crippen molar-refractivity contribution in [1.29, 1.82) is 5.26 Å². The molecule has 1 N–H and O–H groups in total. The zero-order valence-electron chi connectivity index (χ0n) is 6.24. The van der Waals surface area contributed by atoms with Gasteiger partial charge in [-0.15, -0.1) is 0 Å². The quantitative estimate of drug-likeness (QED) is 0.401. The third-order valence-corrected chi connectivity index (χ3v) is 2.55.